The van der Waals surface area contributed by atoms with Gasteiger partial charge in [-0.05, 0) is 38.1 Å². The van der Waals surface area contributed by atoms with Gasteiger partial charge in [0.05, 0.1) is 30.6 Å². The molecular formula is C15H20ClN5O2. The molecule has 23 heavy (non-hydrogen) atoms. The Morgan fingerprint density at radius 2 is 2.17 bits per heavy atom. The average Bonchev–Trinajstić information content (AvgIpc) is 3.04. The van der Waals surface area contributed by atoms with Crippen LogP contribution in [0.25, 0.3) is 0 Å². The molecule has 0 unspecified atom stereocenters. The monoisotopic (exact) mass is 337 g/mol. The largest absolute Gasteiger partial charge is 0.465 e. The summed E-state index contributed by atoms with van der Waals surface area (Å²) < 4.78 is 6.44. The molecule has 1 saturated heterocycles. The Morgan fingerprint density at radius 1 is 1.39 bits per heavy atom. The van der Waals surface area contributed by atoms with Gasteiger partial charge in [-0.3, -0.25) is 4.98 Å². The zero-order valence-corrected chi connectivity index (χ0v) is 13.8. The summed E-state index contributed by atoms with van der Waals surface area (Å²) in [5, 5.41) is 11.8. The number of nitrogens with one attached hydrogen (secondary N) is 1. The van der Waals surface area contributed by atoms with E-state index in [4.69, 9.17) is 0 Å². The van der Waals surface area contributed by atoms with Crippen LogP contribution in [-0.4, -0.2) is 46.1 Å². The summed E-state index contributed by atoms with van der Waals surface area (Å²) in [6.07, 6.45) is 5.72. The Bertz CT molecular complexity index is 638. The van der Waals surface area contributed by atoms with E-state index in [9.17, 15) is 4.79 Å². The highest BCUT2D eigenvalue weighted by Gasteiger charge is 2.18. The predicted octanol–water partition coefficient (Wildman–Crippen LogP) is 1.40. The first kappa shape index (κ1) is 17.4. The molecule has 0 aliphatic carbocycles. The molecule has 0 bridgehead atoms. The SMILES string of the molecule is COC(=O)c1ccc(Cn2cc(C3CCNCC3)nn2)nc1.Cl. The molecule has 124 valence electrons. The summed E-state index contributed by atoms with van der Waals surface area (Å²) in [5.74, 6) is 0.109. The Balaban J connectivity index is 0.00000192. The molecule has 0 spiro atoms. The van der Waals surface area contributed by atoms with Gasteiger partial charge in [-0.2, -0.15) is 0 Å². The Kier molecular flexibility index (Phi) is 6.06. The number of hydrogen-bond donors (Lipinski definition) is 1. The van der Waals surface area contributed by atoms with Crippen molar-refractivity contribution < 1.29 is 9.53 Å². The van der Waals surface area contributed by atoms with Crippen LogP contribution in [0.2, 0.25) is 0 Å². The summed E-state index contributed by atoms with van der Waals surface area (Å²) in [5.41, 5.74) is 2.32. The van der Waals surface area contributed by atoms with E-state index in [1.807, 2.05) is 6.20 Å². The topological polar surface area (TPSA) is 81.9 Å². The number of piperidine rings is 1. The van der Waals surface area contributed by atoms with Crippen LogP contribution >= 0.6 is 12.4 Å². The van der Waals surface area contributed by atoms with Crippen molar-refractivity contribution in [3.05, 3.63) is 41.5 Å². The minimum Gasteiger partial charge on any atom is -0.465 e. The van der Waals surface area contributed by atoms with Gasteiger partial charge in [-0.25, -0.2) is 9.48 Å². The molecule has 1 N–H and O–H groups in total. The molecule has 1 fully saturated rings. The minimum atomic E-state index is -0.381. The van der Waals surface area contributed by atoms with Crippen LogP contribution < -0.4 is 5.32 Å². The van der Waals surface area contributed by atoms with Gasteiger partial charge < -0.3 is 10.1 Å². The van der Waals surface area contributed by atoms with Crippen molar-refractivity contribution in [1.29, 1.82) is 0 Å². The van der Waals surface area contributed by atoms with Gasteiger partial charge in [0.25, 0.3) is 0 Å². The molecule has 0 radical (unpaired) electrons. The summed E-state index contributed by atoms with van der Waals surface area (Å²) in [6, 6.07) is 3.51. The first-order chi connectivity index (χ1) is 10.8. The zero-order chi connectivity index (χ0) is 15.4. The van der Waals surface area contributed by atoms with Gasteiger partial charge in [0.15, 0.2) is 0 Å². The molecule has 3 rings (SSSR count). The van der Waals surface area contributed by atoms with Crippen LogP contribution in [0, 0.1) is 0 Å². The maximum atomic E-state index is 11.4. The lowest BCUT2D eigenvalue weighted by atomic mass is 9.95. The Hall–Kier alpha value is -1.99. The van der Waals surface area contributed by atoms with Crippen LogP contribution in [-0.2, 0) is 11.3 Å². The van der Waals surface area contributed by atoms with Crippen molar-refractivity contribution in [3.63, 3.8) is 0 Å². The lowest BCUT2D eigenvalue weighted by molar-refractivity contribution is 0.0600. The molecule has 8 heteroatoms. The van der Waals surface area contributed by atoms with E-state index in [0.717, 1.165) is 37.3 Å². The van der Waals surface area contributed by atoms with Gasteiger partial charge in [0.2, 0.25) is 0 Å². The maximum absolute atomic E-state index is 11.4. The summed E-state index contributed by atoms with van der Waals surface area (Å²) >= 11 is 0. The van der Waals surface area contributed by atoms with Crippen molar-refractivity contribution in [2.75, 3.05) is 20.2 Å². The predicted molar refractivity (Wildman–Crippen MR) is 86.8 cm³/mol. The standard InChI is InChI=1S/C15H19N5O2.ClH/c1-22-15(21)12-2-3-13(17-8-12)9-20-10-14(18-19-20)11-4-6-16-7-5-11;/h2-3,8,10-11,16H,4-7,9H2,1H3;1H. The number of methoxy groups -OCH3 is 1. The number of rotatable bonds is 4. The van der Waals surface area contributed by atoms with Gasteiger partial charge in [-0.15, -0.1) is 17.5 Å². The van der Waals surface area contributed by atoms with Crippen LogP contribution in [0.15, 0.2) is 24.5 Å². The molecule has 1 aliphatic heterocycles. The summed E-state index contributed by atoms with van der Waals surface area (Å²) in [6.45, 7) is 2.61. The molecule has 0 aromatic carbocycles. The third-order valence-corrected chi connectivity index (χ3v) is 3.88. The molecule has 3 heterocycles. The van der Waals surface area contributed by atoms with Crippen LogP contribution in [0.1, 0.15) is 40.5 Å². The van der Waals surface area contributed by atoms with E-state index in [-0.39, 0.29) is 18.4 Å². The molecule has 0 atom stereocenters. The van der Waals surface area contributed by atoms with Gasteiger partial charge in [-0.1, -0.05) is 5.21 Å². The molecular weight excluding hydrogens is 318 g/mol. The smallest absolute Gasteiger partial charge is 0.339 e. The van der Waals surface area contributed by atoms with Crippen molar-refractivity contribution in [3.8, 4) is 0 Å². The molecule has 1 aliphatic rings. The number of ether oxygens (including phenoxy) is 1. The second-order valence-electron chi connectivity index (χ2n) is 5.40. The first-order valence-electron chi connectivity index (χ1n) is 7.40. The molecule has 7 nitrogen and oxygen atoms in total. The van der Waals surface area contributed by atoms with Crippen LogP contribution in [0.3, 0.4) is 0 Å². The number of hydrogen-bond acceptors (Lipinski definition) is 6. The lowest BCUT2D eigenvalue weighted by Gasteiger charge is -2.19. The number of pyridine rings is 1. The van der Waals surface area contributed by atoms with E-state index in [1.54, 1.807) is 16.8 Å². The second-order valence-corrected chi connectivity index (χ2v) is 5.40. The summed E-state index contributed by atoms with van der Waals surface area (Å²) in [7, 11) is 1.36. The van der Waals surface area contributed by atoms with E-state index in [1.165, 1.54) is 13.3 Å². The van der Waals surface area contributed by atoms with E-state index in [0.29, 0.717) is 18.0 Å². The fourth-order valence-electron chi connectivity index (χ4n) is 2.62. The third-order valence-electron chi connectivity index (χ3n) is 3.88. The van der Waals surface area contributed by atoms with E-state index < -0.39 is 0 Å². The van der Waals surface area contributed by atoms with Gasteiger partial charge >= 0.3 is 5.97 Å². The second kappa shape index (κ2) is 8.03. The fraction of sp³-hybridized carbons (Fsp3) is 0.467. The molecule has 2 aromatic rings. The number of carbonyl (C=O) groups is 1. The highest BCUT2D eigenvalue weighted by molar-refractivity contribution is 5.88. The lowest BCUT2D eigenvalue weighted by Crippen LogP contribution is -2.26. The van der Waals surface area contributed by atoms with Gasteiger partial charge in [0, 0.05) is 18.3 Å². The molecule has 0 amide bonds. The fourth-order valence-corrected chi connectivity index (χ4v) is 2.62. The van der Waals surface area contributed by atoms with E-state index in [2.05, 4.69) is 25.3 Å². The third kappa shape index (κ3) is 4.27. The normalized spacial score (nSPS) is 15.0. The highest BCUT2D eigenvalue weighted by Crippen LogP contribution is 2.22. The van der Waals surface area contributed by atoms with E-state index >= 15 is 0 Å². The number of carbonyl (C=O) groups excluding carboxylic acids is 1. The highest BCUT2D eigenvalue weighted by atomic mass is 35.5. The number of halogens is 1. The average molecular weight is 338 g/mol. The minimum absolute atomic E-state index is 0. The van der Waals surface area contributed by atoms with Crippen molar-refractivity contribution in [1.82, 2.24) is 25.3 Å². The van der Waals surface area contributed by atoms with Crippen molar-refractivity contribution in [2.24, 2.45) is 0 Å². The summed E-state index contributed by atoms with van der Waals surface area (Å²) in [4.78, 5) is 15.6. The number of nitrogens with zero attached hydrogens (tertiary/aromatic N) is 4. The number of aromatic nitrogens is 4. The van der Waals surface area contributed by atoms with Crippen LogP contribution in [0.4, 0.5) is 0 Å². The van der Waals surface area contributed by atoms with Gasteiger partial charge in [0.1, 0.15) is 0 Å². The number of esters is 1. The van der Waals surface area contributed by atoms with Crippen molar-refractivity contribution in [2.45, 2.75) is 25.3 Å². The van der Waals surface area contributed by atoms with Crippen LogP contribution in [0.5, 0.6) is 0 Å². The maximum Gasteiger partial charge on any atom is 0.339 e. The quantitative estimate of drug-likeness (QED) is 0.849. The van der Waals surface area contributed by atoms with Crippen molar-refractivity contribution >= 4 is 18.4 Å². The zero-order valence-electron chi connectivity index (χ0n) is 12.9. The Morgan fingerprint density at radius 3 is 2.83 bits per heavy atom. The molecule has 0 saturated carbocycles. The first-order valence-corrected chi connectivity index (χ1v) is 7.40. The Labute approximate surface area is 140 Å². The molecule has 2 aromatic heterocycles.